The highest BCUT2D eigenvalue weighted by molar-refractivity contribution is 6.36. The predicted molar refractivity (Wildman–Crippen MR) is 72.3 cm³/mol. The Morgan fingerprint density at radius 2 is 1.75 bits per heavy atom. The van der Waals surface area contributed by atoms with E-state index in [4.69, 9.17) is 23.2 Å². The SMILES string of the molecule is CCNC(c1c(Cl)cccc1Cl)C(C)CC. The van der Waals surface area contributed by atoms with Gasteiger partial charge in [-0.05, 0) is 24.6 Å². The molecule has 0 aliphatic carbocycles. The summed E-state index contributed by atoms with van der Waals surface area (Å²) >= 11 is 12.5. The summed E-state index contributed by atoms with van der Waals surface area (Å²) in [6.45, 7) is 7.41. The molecule has 1 aromatic rings. The van der Waals surface area contributed by atoms with Crippen LogP contribution in [0.4, 0.5) is 0 Å². The average Bonchev–Trinajstić information content (AvgIpc) is 2.26. The minimum atomic E-state index is 0.233. The smallest absolute Gasteiger partial charge is 0.0468 e. The molecule has 0 heterocycles. The van der Waals surface area contributed by atoms with Crippen LogP contribution in [0.25, 0.3) is 0 Å². The van der Waals surface area contributed by atoms with Gasteiger partial charge in [0.2, 0.25) is 0 Å². The van der Waals surface area contributed by atoms with Crippen molar-refractivity contribution in [1.29, 1.82) is 0 Å². The fraction of sp³-hybridized carbons (Fsp3) is 0.538. The van der Waals surface area contributed by atoms with Crippen molar-refractivity contribution in [2.24, 2.45) is 5.92 Å². The molecule has 0 radical (unpaired) electrons. The van der Waals surface area contributed by atoms with Gasteiger partial charge in [-0.1, -0.05) is 56.5 Å². The van der Waals surface area contributed by atoms with E-state index in [-0.39, 0.29) is 6.04 Å². The van der Waals surface area contributed by atoms with Crippen molar-refractivity contribution in [2.75, 3.05) is 6.54 Å². The van der Waals surface area contributed by atoms with Crippen molar-refractivity contribution in [3.8, 4) is 0 Å². The summed E-state index contributed by atoms with van der Waals surface area (Å²) in [5.74, 6) is 0.511. The Labute approximate surface area is 108 Å². The largest absolute Gasteiger partial charge is 0.310 e. The standard InChI is InChI=1S/C13H19Cl2N/c1-4-9(3)13(16-5-2)12-10(14)7-6-8-11(12)15/h6-9,13,16H,4-5H2,1-3H3. The number of halogens is 2. The summed E-state index contributed by atoms with van der Waals surface area (Å²) < 4.78 is 0. The Morgan fingerprint density at radius 3 is 2.19 bits per heavy atom. The Bertz CT molecular complexity index is 318. The molecule has 2 atom stereocenters. The van der Waals surface area contributed by atoms with E-state index in [2.05, 4.69) is 26.1 Å². The fourth-order valence-electron chi connectivity index (χ4n) is 1.85. The first-order chi connectivity index (χ1) is 7.61. The van der Waals surface area contributed by atoms with Crippen molar-refractivity contribution in [3.05, 3.63) is 33.8 Å². The second kappa shape index (κ2) is 6.48. The van der Waals surface area contributed by atoms with E-state index < -0.39 is 0 Å². The highest BCUT2D eigenvalue weighted by Gasteiger charge is 2.21. The first-order valence-corrected chi connectivity index (χ1v) is 6.54. The highest BCUT2D eigenvalue weighted by atomic mass is 35.5. The minimum absolute atomic E-state index is 0.233. The second-order valence-corrected chi connectivity index (χ2v) is 4.87. The third-order valence-electron chi connectivity index (χ3n) is 2.95. The summed E-state index contributed by atoms with van der Waals surface area (Å²) in [6, 6.07) is 5.91. The van der Waals surface area contributed by atoms with Crippen molar-refractivity contribution in [2.45, 2.75) is 33.2 Å². The zero-order chi connectivity index (χ0) is 12.1. The van der Waals surface area contributed by atoms with Crippen LogP contribution in [0.15, 0.2) is 18.2 Å². The van der Waals surface area contributed by atoms with E-state index >= 15 is 0 Å². The summed E-state index contributed by atoms with van der Waals surface area (Å²) in [4.78, 5) is 0. The summed E-state index contributed by atoms with van der Waals surface area (Å²) in [6.07, 6.45) is 1.10. The normalized spacial score (nSPS) is 14.8. The molecule has 1 N–H and O–H groups in total. The Morgan fingerprint density at radius 1 is 1.19 bits per heavy atom. The van der Waals surface area contributed by atoms with Gasteiger partial charge >= 0.3 is 0 Å². The van der Waals surface area contributed by atoms with Crippen molar-refractivity contribution >= 4 is 23.2 Å². The quantitative estimate of drug-likeness (QED) is 0.809. The molecule has 0 aliphatic rings. The van der Waals surface area contributed by atoms with Gasteiger partial charge in [-0.3, -0.25) is 0 Å². The first-order valence-electron chi connectivity index (χ1n) is 5.79. The molecule has 0 fully saturated rings. The minimum Gasteiger partial charge on any atom is -0.310 e. The van der Waals surface area contributed by atoms with Crippen LogP contribution in [0.5, 0.6) is 0 Å². The van der Waals surface area contributed by atoms with Crippen molar-refractivity contribution in [3.63, 3.8) is 0 Å². The van der Waals surface area contributed by atoms with Crippen LogP contribution in [-0.2, 0) is 0 Å². The van der Waals surface area contributed by atoms with Gasteiger partial charge in [0.1, 0.15) is 0 Å². The van der Waals surface area contributed by atoms with Crippen LogP contribution in [0, 0.1) is 5.92 Å². The van der Waals surface area contributed by atoms with Crippen molar-refractivity contribution in [1.82, 2.24) is 5.32 Å². The van der Waals surface area contributed by atoms with E-state index in [1.165, 1.54) is 0 Å². The van der Waals surface area contributed by atoms with Gasteiger partial charge in [-0.25, -0.2) is 0 Å². The molecule has 0 saturated heterocycles. The van der Waals surface area contributed by atoms with Crippen LogP contribution in [0.3, 0.4) is 0 Å². The molecular weight excluding hydrogens is 241 g/mol. The number of hydrogen-bond donors (Lipinski definition) is 1. The molecule has 2 unspecified atom stereocenters. The lowest BCUT2D eigenvalue weighted by atomic mass is 9.92. The van der Waals surface area contributed by atoms with E-state index in [0.717, 1.165) is 28.6 Å². The third-order valence-corrected chi connectivity index (χ3v) is 3.61. The molecule has 3 heteroatoms. The zero-order valence-corrected chi connectivity index (χ0v) is 11.6. The van der Waals surface area contributed by atoms with Gasteiger partial charge in [0.05, 0.1) is 0 Å². The van der Waals surface area contributed by atoms with E-state index in [1.807, 2.05) is 18.2 Å². The number of hydrogen-bond acceptors (Lipinski definition) is 1. The van der Waals surface area contributed by atoms with Gasteiger partial charge in [0.25, 0.3) is 0 Å². The number of benzene rings is 1. The number of rotatable bonds is 5. The zero-order valence-electron chi connectivity index (χ0n) is 10.1. The van der Waals surface area contributed by atoms with Gasteiger partial charge in [0, 0.05) is 21.7 Å². The maximum Gasteiger partial charge on any atom is 0.0468 e. The van der Waals surface area contributed by atoms with Crippen LogP contribution in [-0.4, -0.2) is 6.54 Å². The maximum absolute atomic E-state index is 6.24. The number of nitrogens with one attached hydrogen (secondary N) is 1. The van der Waals surface area contributed by atoms with E-state index in [9.17, 15) is 0 Å². The Hall–Kier alpha value is -0.240. The molecule has 1 nitrogen and oxygen atoms in total. The molecule has 0 amide bonds. The van der Waals surface area contributed by atoms with Crippen LogP contribution in [0.1, 0.15) is 38.8 Å². The molecular formula is C13H19Cl2N. The van der Waals surface area contributed by atoms with Gasteiger partial charge in [-0.15, -0.1) is 0 Å². The predicted octanol–water partition coefficient (Wildman–Crippen LogP) is 4.69. The molecule has 0 aliphatic heterocycles. The van der Waals surface area contributed by atoms with E-state index in [1.54, 1.807) is 0 Å². The molecule has 0 spiro atoms. The molecule has 90 valence electrons. The van der Waals surface area contributed by atoms with Crippen LogP contribution in [0.2, 0.25) is 10.0 Å². The van der Waals surface area contributed by atoms with E-state index in [0.29, 0.717) is 5.92 Å². The molecule has 16 heavy (non-hydrogen) atoms. The van der Waals surface area contributed by atoms with Crippen LogP contribution < -0.4 is 5.32 Å². The molecule has 1 aromatic carbocycles. The average molecular weight is 260 g/mol. The molecule has 1 rings (SSSR count). The lowest BCUT2D eigenvalue weighted by molar-refractivity contribution is 0.384. The molecule has 0 bridgehead atoms. The van der Waals surface area contributed by atoms with Gasteiger partial charge in [0.15, 0.2) is 0 Å². The molecule has 0 saturated carbocycles. The van der Waals surface area contributed by atoms with Gasteiger partial charge in [-0.2, -0.15) is 0 Å². The maximum atomic E-state index is 6.24. The Kier molecular flexibility index (Phi) is 5.60. The second-order valence-electron chi connectivity index (χ2n) is 4.06. The van der Waals surface area contributed by atoms with Crippen LogP contribution >= 0.6 is 23.2 Å². The summed E-state index contributed by atoms with van der Waals surface area (Å²) in [7, 11) is 0. The monoisotopic (exact) mass is 259 g/mol. The van der Waals surface area contributed by atoms with Crippen molar-refractivity contribution < 1.29 is 0 Å². The lowest BCUT2D eigenvalue weighted by Gasteiger charge is -2.26. The lowest BCUT2D eigenvalue weighted by Crippen LogP contribution is -2.27. The third kappa shape index (κ3) is 3.13. The van der Waals surface area contributed by atoms with Gasteiger partial charge < -0.3 is 5.32 Å². The molecule has 0 aromatic heterocycles. The first kappa shape index (κ1) is 13.8. The highest BCUT2D eigenvalue weighted by Crippen LogP contribution is 2.35. The Balaban J connectivity index is 3.09. The topological polar surface area (TPSA) is 12.0 Å². The summed E-state index contributed by atoms with van der Waals surface area (Å²) in [5, 5.41) is 4.96. The summed E-state index contributed by atoms with van der Waals surface area (Å²) in [5.41, 5.74) is 1.03. The fourth-order valence-corrected chi connectivity index (χ4v) is 2.48.